The van der Waals surface area contributed by atoms with Crippen molar-refractivity contribution in [2.24, 2.45) is 0 Å². The lowest BCUT2D eigenvalue weighted by Gasteiger charge is -2.14. The van der Waals surface area contributed by atoms with E-state index in [1.165, 1.54) is 4.90 Å². The van der Waals surface area contributed by atoms with Crippen LogP contribution in [0.25, 0.3) is 5.57 Å². The van der Waals surface area contributed by atoms with Crippen LogP contribution in [0.5, 0.6) is 5.75 Å². The third kappa shape index (κ3) is 3.55. The number of carbonyl (C=O) groups is 2. The van der Waals surface area contributed by atoms with E-state index in [-0.39, 0.29) is 17.5 Å². The van der Waals surface area contributed by atoms with Gasteiger partial charge >= 0.3 is 0 Å². The molecule has 3 rings (SSSR count). The topological polar surface area (TPSA) is 58.6 Å². The summed E-state index contributed by atoms with van der Waals surface area (Å²) in [5, 5.41) is 3.77. The van der Waals surface area contributed by atoms with Gasteiger partial charge in [-0.15, -0.1) is 0 Å². The van der Waals surface area contributed by atoms with Crippen LogP contribution in [0.4, 0.5) is 5.69 Å². The maximum absolute atomic E-state index is 13.0. The summed E-state index contributed by atoms with van der Waals surface area (Å²) in [6.07, 6.45) is 0.684. The number of anilines is 1. The molecule has 0 saturated heterocycles. The normalized spacial score (nSPS) is 14.1. The third-order valence-corrected chi connectivity index (χ3v) is 4.67. The van der Waals surface area contributed by atoms with Crippen molar-refractivity contribution >= 4 is 34.7 Å². The highest BCUT2D eigenvalue weighted by molar-refractivity contribution is 6.37. The number of benzene rings is 2. The Morgan fingerprint density at radius 1 is 1.11 bits per heavy atom. The number of aryl methyl sites for hydroxylation is 1. The van der Waals surface area contributed by atoms with Crippen LogP contribution in [0, 0.1) is 6.92 Å². The summed E-state index contributed by atoms with van der Waals surface area (Å²) in [4.78, 5) is 27.3. The molecule has 0 unspecified atom stereocenters. The van der Waals surface area contributed by atoms with Gasteiger partial charge in [-0.05, 0) is 43.2 Å². The maximum Gasteiger partial charge on any atom is 0.278 e. The van der Waals surface area contributed by atoms with Gasteiger partial charge in [0.05, 0.1) is 12.7 Å². The van der Waals surface area contributed by atoms with Gasteiger partial charge in [0.25, 0.3) is 11.8 Å². The average Bonchev–Trinajstić information content (AvgIpc) is 2.88. The Labute approximate surface area is 163 Å². The zero-order valence-corrected chi connectivity index (χ0v) is 16.3. The first kappa shape index (κ1) is 19.0. The molecule has 5 nitrogen and oxygen atoms in total. The predicted octanol–water partition coefficient (Wildman–Crippen LogP) is 4.26. The van der Waals surface area contributed by atoms with Crippen molar-refractivity contribution < 1.29 is 14.3 Å². The molecule has 1 aliphatic rings. The van der Waals surface area contributed by atoms with E-state index in [1.807, 2.05) is 26.0 Å². The number of carbonyl (C=O) groups excluding carboxylic acids is 2. The molecule has 0 aromatic heterocycles. The van der Waals surface area contributed by atoms with Gasteiger partial charge in [0.2, 0.25) is 0 Å². The quantitative estimate of drug-likeness (QED) is 0.756. The molecule has 1 N–H and O–H groups in total. The van der Waals surface area contributed by atoms with Gasteiger partial charge in [0, 0.05) is 22.8 Å². The van der Waals surface area contributed by atoms with E-state index >= 15 is 0 Å². The smallest absolute Gasteiger partial charge is 0.278 e. The Balaban J connectivity index is 2.14. The van der Waals surface area contributed by atoms with Crippen LogP contribution in [0.15, 0.2) is 48.2 Å². The highest BCUT2D eigenvalue weighted by atomic mass is 35.5. The lowest BCUT2D eigenvalue weighted by Crippen LogP contribution is -2.33. The van der Waals surface area contributed by atoms with Crippen LogP contribution < -0.4 is 10.1 Å². The zero-order chi connectivity index (χ0) is 19.6. The molecule has 27 heavy (non-hydrogen) atoms. The second-order valence-electron chi connectivity index (χ2n) is 6.30. The molecule has 0 atom stereocenters. The standard InChI is InChI=1S/C21H21ClN2O3/c1-4-11-24-20(25)18(15-7-5-6-8-17(15)27-3)19(21(24)26)23-16-10-9-14(22)12-13(16)2/h5-10,12,23H,4,11H2,1-3H3. The number of nitrogens with one attached hydrogen (secondary N) is 1. The fourth-order valence-corrected chi connectivity index (χ4v) is 3.35. The molecule has 0 bridgehead atoms. The highest BCUT2D eigenvalue weighted by Crippen LogP contribution is 2.35. The van der Waals surface area contributed by atoms with E-state index < -0.39 is 0 Å². The van der Waals surface area contributed by atoms with Gasteiger partial charge < -0.3 is 10.1 Å². The summed E-state index contributed by atoms with van der Waals surface area (Å²) < 4.78 is 5.41. The van der Waals surface area contributed by atoms with Crippen molar-refractivity contribution in [2.75, 3.05) is 19.0 Å². The van der Waals surface area contributed by atoms with Gasteiger partial charge in [-0.2, -0.15) is 0 Å². The number of rotatable bonds is 6. The third-order valence-electron chi connectivity index (χ3n) is 4.44. The van der Waals surface area contributed by atoms with E-state index in [2.05, 4.69) is 5.32 Å². The summed E-state index contributed by atoms with van der Waals surface area (Å²) in [6, 6.07) is 12.5. The van der Waals surface area contributed by atoms with Crippen molar-refractivity contribution in [1.29, 1.82) is 0 Å². The molecule has 0 radical (unpaired) electrons. The molecular weight excluding hydrogens is 364 g/mol. The molecule has 1 aliphatic heterocycles. The van der Waals surface area contributed by atoms with Gasteiger partial charge in [-0.25, -0.2) is 0 Å². The largest absolute Gasteiger partial charge is 0.496 e. The number of hydrogen-bond acceptors (Lipinski definition) is 4. The fourth-order valence-electron chi connectivity index (χ4n) is 3.12. The first-order chi connectivity index (χ1) is 13.0. The number of imide groups is 1. The lowest BCUT2D eigenvalue weighted by molar-refractivity contribution is -0.136. The molecule has 140 valence electrons. The number of hydrogen-bond donors (Lipinski definition) is 1. The number of amides is 2. The summed E-state index contributed by atoms with van der Waals surface area (Å²) >= 11 is 6.03. The monoisotopic (exact) mass is 384 g/mol. The summed E-state index contributed by atoms with van der Waals surface area (Å²) in [5.74, 6) is -0.114. The van der Waals surface area contributed by atoms with Gasteiger partial charge in [0.15, 0.2) is 0 Å². The van der Waals surface area contributed by atoms with Crippen molar-refractivity contribution in [3.8, 4) is 5.75 Å². The second-order valence-corrected chi connectivity index (χ2v) is 6.73. The number of nitrogens with zero attached hydrogens (tertiary/aromatic N) is 1. The van der Waals surface area contributed by atoms with Crippen LogP contribution in [0.3, 0.4) is 0 Å². The van der Waals surface area contributed by atoms with E-state index in [9.17, 15) is 9.59 Å². The van der Waals surface area contributed by atoms with Crippen molar-refractivity contribution in [3.05, 3.63) is 64.3 Å². The number of halogens is 1. The van der Waals surface area contributed by atoms with Crippen LogP contribution in [0.1, 0.15) is 24.5 Å². The molecule has 0 aliphatic carbocycles. The SMILES string of the molecule is CCCN1C(=O)C(Nc2ccc(Cl)cc2C)=C(c2ccccc2OC)C1=O. The molecule has 0 saturated carbocycles. The van der Waals surface area contributed by atoms with Crippen LogP contribution in [-0.4, -0.2) is 30.4 Å². The maximum atomic E-state index is 13.0. The Bertz CT molecular complexity index is 937. The van der Waals surface area contributed by atoms with E-state index in [0.29, 0.717) is 34.9 Å². The highest BCUT2D eigenvalue weighted by Gasteiger charge is 2.39. The molecule has 6 heteroatoms. The number of para-hydroxylation sites is 1. The molecule has 0 spiro atoms. The Hall–Kier alpha value is -2.79. The van der Waals surface area contributed by atoms with Gasteiger partial charge in [-0.3, -0.25) is 14.5 Å². The van der Waals surface area contributed by atoms with Gasteiger partial charge in [-0.1, -0.05) is 36.7 Å². The van der Waals surface area contributed by atoms with Crippen molar-refractivity contribution in [3.63, 3.8) is 0 Å². The molecule has 2 aromatic rings. The zero-order valence-electron chi connectivity index (χ0n) is 15.5. The second kappa shape index (κ2) is 7.84. The molecule has 1 heterocycles. The van der Waals surface area contributed by atoms with Gasteiger partial charge in [0.1, 0.15) is 11.4 Å². The van der Waals surface area contributed by atoms with Crippen LogP contribution in [-0.2, 0) is 9.59 Å². The van der Waals surface area contributed by atoms with Crippen LogP contribution >= 0.6 is 11.6 Å². The molecular formula is C21H21ClN2O3. The van der Waals surface area contributed by atoms with Crippen molar-refractivity contribution in [1.82, 2.24) is 4.90 Å². The molecule has 2 aromatic carbocycles. The molecule has 2 amide bonds. The van der Waals surface area contributed by atoms with Crippen LogP contribution in [0.2, 0.25) is 5.02 Å². The minimum Gasteiger partial charge on any atom is -0.496 e. The van der Waals surface area contributed by atoms with E-state index in [0.717, 1.165) is 11.3 Å². The fraction of sp³-hybridized carbons (Fsp3) is 0.238. The lowest BCUT2D eigenvalue weighted by atomic mass is 10.0. The predicted molar refractivity (Wildman–Crippen MR) is 107 cm³/mol. The van der Waals surface area contributed by atoms with E-state index in [1.54, 1.807) is 37.4 Å². The number of methoxy groups -OCH3 is 1. The minimum absolute atomic E-state index is 0.253. The Kier molecular flexibility index (Phi) is 5.51. The Morgan fingerprint density at radius 2 is 1.85 bits per heavy atom. The first-order valence-corrected chi connectivity index (χ1v) is 9.12. The summed E-state index contributed by atoms with van der Waals surface area (Å²) in [6.45, 7) is 4.18. The first-order valence-electron chi connectivity index (χ1n) is 8.75. The summed E-state index contributed by atoms with van der Waals surface area (Å²) in [5.41, 5.74) is 2.76. The van der Waals surface area contributed by atoms with Crippen molar-refractivity contribution in [2.45, 2.75) is 20.3 Å². The summed E-state index contributed by atoms with van der Waals surface area (Å²) in [7, 11) is 1.54. The average molecular weight is 385 g/mol. The molecule has 0 fully saturated rings. The minimum atomic E-state index is -0.336. The van der Waals surface area contributed by atoms with E-state index in [4.69, 9.17) is 16.3 Å². The Morgan fingerprint density at radius 3 is 2.52 bits per heavy atom. The number of ether oxygens (including phenoxy) is 1.